The third-order valence-electron chi connectivity index (χ3n) is 5.29. The summed E-state index contributed by atoms with van der Waals surface area (Å²) in [6, 6.07) is 7.26. The number of halogens is 3. The SMILES string of the molecule is O=C(NCCCN1CCN(c2cccc(C(F)(F)F)c2)CC1)c1sccc1-n1cnnn1. The average molecular weight is 466 g/mol. The van der Waals surface area contributed by atoms with Crippen molar-refractivity contribution in [2.45, 2.75) is 12.6 Å². The number of nitrogens with one attached hydrogen (secondary N) is 1. The highest BCUT2D eigenvalue weighted by Crippen LogP contribution is 2.31. The van der Waals surface area contributed by atoms with Gasteiger partial charge in [0.15, 0.2) is 0 Å². The maximum Gasteiger partial charge on any atom is 0.416 e. The van der Waals surface area contributed by atoms with Crippen LogP contribution in [0.25, 0.3) is 5.69 Å². The van der Waals surface area contributed by atoms with Crippen LogP contribution in [0.4, 0.5) is 18.9 Å². The molecular weight excluding hydrogens is 443 g/mol. The van der Waals surface area contributed by atoms with Crippen molar-refractivity contribution >= 4 is 22.9 Å². The molecule has 4 rings (SSSR count). The molecule has 0 radical (unpaired) electrons. The zero-order chi connectivity index (χ0) is 22.6. The Balaban J connectivity index is 1.20. The van der Waals surface area contributed by atoms with E-state index < -0.39 is 11.7 Å². The molecule has 3 heterocycles. The first-order valence-electron chi connectivity index (χ1n) is 10.2. The van der Waals surface area contributed by atoms with E-state index in [1.807, 2.05) is 10.3 Å². The molecular formula is C20H22F3N7OS. The quantitative estimate of drug-likeness (QED) is 0.541. The number of hydrogen-bond acceptors (Lipinski definition) is 7. The van der Waals surface area contributed by atoms with Crippen LogP contribution in [0, 0.1) is 0 Å². The molecule has 0 unspecified atom stereocenters. The lowest BCUT2D eigenvalue weighted by Gasteiger charge is -2.36. The maximum atomic E-state index is 12.9. The standard InChI is InChI=1S/C20H22F3N7OS/c21-20(22,23)15-3-1-4-16(13-15)29-10-8-28(9-11-29)7-2-6-24-19(31)18-17(5-12-32-18)30-14-25-26-27-30/h1,3-5,12-14H,2,6-11H2,(H,24,31). The molecule has 0 atom stereocenters. The Morgan fingerprint density at radius 3 is 2.69 bits per heavy atom. The largest absolute Gasteiger partial charge is 0.416 e. The topological polar surface area (TPSA) is 79.2 Å². The minimum atomic E-state index is -4.34. The molecule has 0 spiro atoms. The van der Waals surface area contributed by atoms with Crippen molar-refractivity contribution in [3.05, 3.63) is 52.5 Å². The molecule has 32 heavy (non-hydrogen) atoms. The van der Waals surface area contributed by atoms with Crippen molar-refractivity contribution < 1.29 is 18.0 Å². The van der Waals surface area contributed by atoms with E-state index in [0.29, 0.717) is 35.9 Å². The fourth-order valence-corrected chi connectivity index (χ4v) is 4.41. The summed E-state index contributed by atoms with van der Waals surface area (Å²) in [6.07, 6.45) is -2.11. The highest BCUT2D eigenvalue weighted by Gasteiger charge is 2.31. The number of amides is 1. The van der Waals surface area contributed by atoms with Gasteiger partial charge in [-0.15, -0.1) is 16.4 Å². The molecule has 1 aliphatic rings. The van der Waals surface area contributed by atoms with Gasteiger partial charge in [0.25, 0.3) is 5.91 Å². The van der Waals surface area contributed by atoms with Gasteiger partial charge in [-0.25, -0.2) is 0 Å². The molecule has 8 nitrogen and oxygen atoms in total. The molecule has 1 N–H and O–H groups in total. The summed E-state index contributed by atoms with van der Waals surface area (Å²) in [5.41, 5.74) is 0.617. The molecule has 12 heteroatoms. The van der Waals surface area contributed by atoms with Gasteiger partial charge in [0.2, 0.25) is 0 Å². The first-order valence-corrected chi connectivity index (χ1v) is 11.0. The highest BCUT2D eigenvalue weighted by atomic mass is 32.1. The minimum absolute atomic E-state index is 0.167. The van der Waals surface area contributed by atoms with Gasteiger partial charge < -0.3 is 10.2 Å². The average Bonchev–Trinajstić information content (AvgIpc) is 3.48. The third-order valence-corrected chi connectivity index (χ3v) is 6.20. The fourth-order valence-electron chi connectivity index (χ4n) is 3.62. The third kappa shape index (κ3) is 5.25. The van der Waals surface area contributed by atoms with Crippen LogP contribution < -0.4 is 10.2 Å². The number of carbonyl (C=O) groups is 1. The molecule has 0 saturated carbocycles. The summed E-state index contributed by atoms with van der Waals surface area (Å²) in [4.78, 5) is 17.3. The summed E-state index contributed by atoms with van der Waals surface area (Å²) < 4.78 is 40.3. The number of benzene rings is 1. The van der Waals surface area contributed by atoms with E-state index in [1.54, 1.807) is 12.1 Å². The zero-order valence-corrected chi connectivity index (χ0v) is 17.9. The van der Waals surface area contributed by atoms with Gasteiger partial charge in [-0.3, -0.25) is 9.69 Å². The lowest BCUT2D eigenvalue weighted by molar-refractivity contribution is -0.137. The van der Waals surface area contributed by atoms with Crippen molar-refractivity contribution in [3.63, 3.8) is 0 Å². The van der Waals surface area contributed by atoms with Crippen molar-refractivity contribution in [2.24, 2.45) is 0 Å². The number of anilines is 1. The smallest absolute Gasteiger partial charge is 0.369 e. The first-order chi connectivity index (χ1) is 15.4. The predicted molar refractivity (Wildman–Crippen MR) is 114 cm³/mol. The van der Waals surface area contributed by atoms with Gasteiger partial charge in [-0.1, -0.05) is 6.07 Å². The van der Waals surface area contributed by atoms with Gasteiger partial charge in [-0.2, -0.15) is 17.9 Å². The minimum Gasteiger partial charge on any atom is -0.369 e. The molecule has 2 aromatic heterocycles. The van der Waals surface area contributed by atoms with Crippen molar-refractivity contribution in [2.75, 3.05) is 44.2 Å². The van der Waals surface area contributed by atoms with E-state index in [9.17, 15) is 18.0 Å². The second-order valence-electron chi connectivity index (χ2n) is 7.38. The van der Waals surface area contributed by atoms with Crippen molar-refractivity contribution in [1.29, 1.82) is 0 Å². The van der Waals surface area contributed by atoms with Crippen LogP contribution in [-0.2, 0) is 6.18 Å². The van der Waals surface area contributed by atoms with Crippen molar-refractivity contribution in [3.8, 4) is 5.69 Å². The van der Waals surface area contributed by atoms with Crippen LogP contribution in [0.1, 0.15) is 21.7 Å². The molecule has 0 bridgehead atoms. The van der Waals surface area contributed by atoms with Crippen LogP contribution in [0.5, 0.6) is 0 Å². The second-order valence-corrected chi connectivity index (χ2v) is 8.29. The second kappa shape index (κ2) is 9.65. The summed E-state index contributed by atoms with van der Waals surface area (Å²) in [6.45, 7) is 4.19. The number of alkyl halides is 3. The highest BCUT2D eigenvalue weighted by molar-refractivity contribution is 7.12. The normalized spacial score (nSPS) is 15.2. The number of aromatic nitrogens is 4. The molecule has 170 valence electrons. The Morgan fingerprint density at radius 1 is 1.16 bits per heavy atom. The Labute approximate surface area is 186 Å². The zero-order valence-electron chi connectivity index (χ0n) is 17.1. The van der Waals surface area contributed by atoms with Crippen LogP contribution in [-0.4, -0.2) is 70.3 Å². The van der Waals surface area contributed by atoms with Crippen LogP contribution in [0.3, 0.4) is 0 Å². The molecule has 1 amide bonds. The lowest BCUT2D eigenvalue weighted by Crippen LogP contribution is -2.47. The summed E-state index contributed by atoms with van der Waals surface area (Å²) >= 11 is 1.33. The Kier molecular flexibility index (Phi) is 6.70. The number of piperazine rings is 1. The van der Waals surface area contributed by atoms with Crippen LogP contribution in [0.2, 0.25) is 0 Å². The van der Waals surface area contributed by atoms with Crippen LogP contribution in [0.15, 0.2) is 42.0 Å². The predicted octanol–water partition coefficient (Wildman–Crippen LogP) is 2.68. The molecule has 1 aliphatic heterocycles. The number of hydrogen-bond donors (Lipinski definition) is 1. The summed E-state index contributed by atoms with van der Waals surface area (Å²) in [5.74, 6) is -0.167. The molecule has 1 saturated heterocycles. The van der Waals surface area contributed by atoms with Gasteiger partial charge in [-0.05, 0) is 53.0 Å². The molecule has 3 aromatic rings. The fraction of sp³-hybridized carbons (Fsp3) is 0.400. The van der Waals surface area contributed by atoms with E-state index in [4.69, 9.17) is 0 Å². The number of thiophene rings is 1. The van der Waals surface area contributed by atoms with E-state index >= 15 is 0 Å². The molecule has 1 fully saturated rings. The summed E-state index contributed by atoms with van der Waals surface area (Å²) in [5, 5.41) is 15.7. The van der Waals surface area contributed by atoms with E-state index in [-0.39, 0.29) is 5.91 Å². The Hall–Kier alpha value is -2.99. The van der Waals surface area contributed by atoms with E-state index in [2.05, 4.69) is 25.7 Å². The molecule has 0 aliphatic carbocycles. The monoisotopic (exact) mass is 465 g/mol. The first kappa shape index (κ1) is 22.2. The number of tetrazole rings is 1. The Bertz CT molecular complexity index is 1030. The van der Waals surface area contributed by atoms with Crippen LogP contribution >= 0.6 is 11.3 Å². The van der Waals surface area contributed by atoms with Gasteiger partial charge in [0.05, 0.1) is 11.3 Å². The summed E-state index contributed by atoms with van der Waals surface area (Å²) in [7, 11) is 0. The van der Waals surface area contributed by atoms with Gasteiger partial charge >= 0.3 is 6.18 Å². The number of nitrogens with zero attached hydrogens (tertiary/aromatic N) is 6. The lowest BCUT2D eigenvalue weighted by atomic mass is 10.1. The Morgan fingerprint density at radius 2 is 1.97 bits per heavy atom. The van der Waals surface area contributed by atoms with E-state index in [1.165, 1.54) is 34.5 Å². The maximum absolute atomic E-state index is 12.9. The van der Waals surface area contributed by atoms with E-state index in [0.717, 1.165) is 32.1 Å². The number of rotatable bonds is 7. The van der Waals surface area contributed by atoms with Gasteiger partial charge in [0, 0.05) is 38.4 Å². The number of carbonyl (C=O) groups excluding carboxylic acids is 1. The molecule has 1 aromatic carbocycles. The van der Waals surface area contributed by atoms with Crippen molar-refractivity contribution in [1.82, 2.24) is 30.4 Å². The van der Waals surface area contributed by atoms with Gasteiger partial charge in [0.1, 0.15) is 11.2 Å².